The summed E-state index contributed by atoms with van der Waals surface area (Å²) >= 11 is 12.4. The molecule has 37 heavy (non-hydrogen) atoms. The molecule has 2 amide bonds. The van der Waals surface area contributed by atoms with Crippen LogP contribution >= 0.6 is 23.2 Å². The van der Waals surface area contributed by atoms with Gasteiger partial charge in [0, 0.05) is 26.7 Å². The molecule has 1 aliphatic heterocycles. The molecule has 0 saturated heterocycles. The fraction of sp³-hybridized carbons (Fsp3) is 0.0769. The highest BCUT2D eigenvalue weighted by molar-refractivity contribution is 6.32. The maximum Gasteiger partial charge on any atom is 0.416 e. The third-order valence-corrected chi connectivity index (χ3v) is 6.73. The minimum Gasteiger partial charge on any atom is -0.366 e. The van der Waals surface area contributed by atoms with Crippen molar-refractivity contribution in [2.45, 2.75) is 12.2 Å². The topological polar surface area (TPSA) is 72.2 Å². The quantitative estimate of drug-likeness (QED) is 0.268. The standard InChI is InChI=1S/C26H13Cl2F5N2O2/c27-12-1-3-14-10(5-12)6-16(20-17(24(34)36)7-11(8-19(20)30)26(31,32)33)21-22(14)25(37)35-23(21)15-9-13(29)2-4-18(15)28/h1-9,23H,(H2,34,36)(H,35,37). The summed E-state index contributed by atoms with van der Waals surface area (Å²) in [5.74, 6) is -4.01. The summed E-state index contributed by atoms with van der Waals surface area (Å²) in [5.41, 5.74) is 2.83. The van der Waals surface area contributed by atoms with Crippen LogP contribution in [-0.4, -0.2) is 11.8 Å². The molecular weight excluding hydrogens is 538 g/mol. The molecule has 1 aliphatic rings. The van der Waals surface area contributed by atoms with Gasteiger partial charge >= 0.3 is 6.18 Å². The summed E-state index contributed by atoms with van der Waals surface area (Å²) < 4.78 is 69.8. The van der Waals surface area contributed by atoms with Crippen molar-refractivity contribution >= 4 is 45.8 Å². The lowest BCUT2D eigenvalue weighted by molar-refractivity contribution is -0.137. The van der Waals surface area contributed by atoms with Crippen LogP contribution in [0.1, 0.15) is 43.4 Å². The van der Waals surface area contributed by atoms with Gasteiger partial charge in [0.25, 0.3) is 5.91 Å². The molecule has 4 aromatic rings. The van der Waals surface area contributed by atoms with Crippen molar-refractivity contribution in [1.29, 1.82) is 0 Å². The van der Waals surface area contributed by atoms with E-state index in [1.54, 1.807) is 6.07 Å². The number of primary amides is 1. The summed E-state index contributed by atoms with van der Waals surface area (Å²) in [5, 5.41) is 3.76. The van der Waals surface area contributed by atoms with E-state index in [-0.39, 0.29) is 38.4 Å². The third kappa shape index (κ3) is 4.18. The van der Waals surface area contributed by atoms with E-state index in [0.717, 1.165) is 12.1 Å². The number of halogens is 7. The number of carbonyl (C=O) groups is 2. The second-order valence-electron chi connectivity index (χ2n) is 8.39. The van der Waals surface area contributed by atoms with Crippen LogP contribution in [0.4, 0.5) is 22.0 Å². The maximum absolute atomic E-state index is 15.5. The molecule has 0 bridgehead atoms. The number of rotatable bonds is 3. The Morgan fingerprint density at radius 3 is 2.35 bits per heavy atom. The normalized spacial score (nSPS) is 15.1. The Morgan fingerprint density at radius 2 is 1.68 bits per heavy atom. The summed E-state index contributed by atoms with van der Waals surface area (Å²) in [4.78, 5) is 25.5. The number of hydrogen-bond acceptors (Lipinski definition) is 2. The van der Waals surface area contributed by atoms with Crippen molar-refractivity contribution in [3.63, 3.8) is 0 Å². The first-order valence-electron chi connectivity index (χ1n) is 10.6. The van der Waals surface area contributed by atoms with Gasteiger partial charge in [-0.05, 0) is 64.9 Å². The van der Waals surface area contributed by atoms with Crippen LogP contribution in [0.15, 0.2) is 54.6 Å². The number of carbonyl (C=O) groups excluding carboxylic acids is 2. The van der Waals surface area contributed by atoms with E-state index in [4.69, 9.17) is 28.9 Å². The summed E-state index contributed by atoms with van der Waals surface area (Å²) in [7, 11) is 0. The lowest BCUT2D eigenvalue weighted by Gasteiger charge is -2.21. The Hall–Kier alpha value is -3.69. The Balaban J connectivity index is 1.93. The maximum atomic E-state index is 15.5. The molecule has 4 nitrogen and oxygen atoms in total. The highest BCUT2D eigenvalue weighted by Crippen LogP contribution is 2.46. The number of hydrogen-bond donors (Lipinski definition) is 2. The minimum atomic E-state index is -4.96. The average molecular weight is 551 g/mol. The van der Waals surface area contributed by atoms with Gasteiger partial charge in [-0.1, -0.05) is 29.3 Å². The highest BCUT2D eigenvalue weighted by Gasteiger charge is 2.38. The van der Waals surface area contributed by atoms with Gasteiger partial charge in [0.05, 0.1) is 22.7 Å². The molecule has 0 spiro atoms. The summed E-state index contributed by atoms with van der Waals surface area (Å²) in [6.07, 6.45) is -4.96. The van der Waals surface area contributed by atoms with E-state index in [2.05, 4.69) is 5.32 Å². The van der Waals surface area contributed by atoms with Crippen molar-refractivity contribution in [1.82, 2.24) is 5.32 Å². The second kappa shape index (κ2) is 8.71. The van der Waals surface area contributed by atoms with E-state index in [9.17, 15) is 27.2 Å². The van der Waals surface area contributed by atoms with Gasteiger partial charge in [0.15, 0.2) is 0 Å². The van der Waals surface area contributed by atoms with Crippen LogP contribution in [-0.2, 0) is 6.18 Å². The lowest BCUT2D eigenvalue weighted by atomic mass is 9.84. The SMILES string of the molecule is NC(=O)c1cc(C(F)(F)F)cc(F)c1-c1cc2cc(Cl)ccc2c2c1C(c1cc(F)ccc1Cl)NC2=O. The van der Waals surface area contributed by atoms with Gasteiger partial charge in [0.1, 0.15) is 11.6 Å². The Morgan fingerprint density at radius 1 is 0.946 bits per heavy atom. The predicted octanol–water partition coefficient (Wildman–Crippen LogP) is 7.04. The van der Waals surface area contributed by atoms with Crippen LogP contribution in [0.3, 0.4) is 0 Å². The zero-order chi connectivity index (χ0) is 26.8. The molecule has 1 heterocycles. The molecule has 1 unspecified atom stereocenters. The van der Waals surface area contributed by atoms with E-state index in [1.165, 1.54) is 24.3 Å². The van der Waals surface area contributed by atoms with Gasteiger partial charge in [-0.2, -0.15) is 13.2 Å². The van der Waals surface area contributed by atoms with Crippen molar-refractivity contribution in [2.75, 3.05) is 0 Å². The highest BCUT2D eigenvalue weighted by atomic mass is 35.5. The number of nitrogens with two attached hydrogens (primary N) is 1. The van der Waals surface area contributed by atoms with E-state index >= 15 is 4.39 Å². The van der Waals surface area contributed by atoms with Crippen LogP contribution in [0, 0.1) is 11.6 Å². The molecule has 0 fully saturated rings. The average Bonchev–Trinajstić information content (AvgIpc) is 3.16. The molecule has 1 atom stereocenters. The largest absolute Gasteiger partial charge is 0.416 e. The first-order valence-corrected chi connectivity index (χ1v) is 11.3. The zero-order valence-electron chi connectivity index (χ0n) is 18.3. The summed E-state index contributed by atoms with van der Waals surface area (Å²) in [6, 6.07) is 8.95. The van der Waals surface area contributed by atoms with E-state index < -0.39 is 52.4 Å². The van der Waals surface area contributed by atoms with Crippen molar-refractivity contribution in [2.24, 2.45) is 5.73 Å². The van der Waals surface area contributed by atoms with Gasteiger partial charge in [-0.25, -0.2) is 8.78 Å². The molecule has 0 radical (unpaired) electrons. The fourth-order valence-corrected chi connectivity index (χ4v) is 5.04. The molecule has 11 heteroatoms. The Kier molecular flexibility index (Phi) is 5.88. The fourth-order valence-electron chi connectivity index (χ4n) is 4.63. The number of nitrogens with one attached hydrogen (secondary N) is 1. The zero-order valence-corrected chi connectivity index (χ0v) is 19.8. The van der Waals surface area contributed by atoms with Gasteiger partial charge in [-0.15, -0.1) is 0 Å². The molecule has 4 aromatic carbocycles. The van der Waals surface area contributed by atoms with E-state index in [1.807, 2.05) is 0 Å². The first-order chi connectivity index (χ1) is 17.4. The van der Waals surface area contributed by atoms with Crippen LogP contribution in [0.25, 0.3) is 21.9 Å². The molecule has 0 aromatic heterocycles. The predicted molar refractivity (Wildman–Crippen MR) is 129 cm³/mol. The molecule has 188 valence electrons. The number of amides is 2. The number of fused-ring (bicyclic) bond motifs is 3. The van der Waals surface area contributed by atoms with Crippen molar-refractivity contribution < 1.29 is 31.5 Å². The van der Waals surface area contributed by atoms with Crippen LogP contribution < -0.4 is 11.1 Å². The monoisotopic (exact) mass is 550 g/mol. The Labute approximate surface area is 215 Å². The second-order valence-corrected chi connectivity index (χ2v) is 9.24. The molecule has 0 saturated carbocycles. The number of alkyl halides is 3. The minimum absolute atomic E-state index is 0.0456. The summed E-state index contributed by atoms with van der Waals surface area (Å²) in [6.45, 7) is 0. The van der Waals surface area contributed by atoms with Crippen LogP contribution in [0.5, 0.6) is 0 Å². The van der Waals surface area contributed by atoms with Gasteiger partial charge < -0.3 is 11.1 Å². The molecule has 5 rings (SSSR count). The smallest absolute Gasteiger partial charge is 0.366 e. The lowest BCUT2D eigenvalue weighted by Crippen LogP contribution is -2.21. The van der Waals surface area contributed by atoms with Crippen molar-refractivity contribution in [3.8, 4) is 11.1 Å². The van der Waals surface area contributed by atoms with E-state index in [0.29, 0.717) is 16.8 Å². The van der Waals surface area contributed by atoms with Crippen LogP contribution in [0.2, 0.25) is 10.0 Å². The third-order valence-electron chi connectivity index (χ3n) is 6.15. The van der Waals surface area contributed by atoms with Gasteiger partial charge in [-0.3, -0.25) is 9.59 Å². The Bertz CT molecular complexity index is 1650. The molecular formula is C26H13Cl2F5N2O2. The van der Waals surface area contributed by atoms with Gasteiger partial charge in [0.2, 0.25) is 5.91 Å². The first kappa shape index (κ1) is 25.0. The van der Waals surface area contributed by atoms with Crippen molar-refractivity contribution in [3.05, 3.63) is 104 Å². The molecule has 0 aliphatic carbocycles. The molecule has 3 N–H and O–H groups in total. The number of benzene rings is 4.